The van der Waals surface area contributed by atoms with E-state index < -0.39 is 6.04 Å². The van der Waals surface area contributed by atoms with Crippen molar-refractivity contribution >= 4 is 17.7 Å². The van der Waals surface area contributed by atoms with Crippen LogP contribution in [0.5, 0.6) is 0 Å². The van der Waals surface area contributed by atoms with Crippen molar-refractivity contribution in [2.45, 2.75) is 51.9 Å². The van der Waals surface area contributed by atoms with Crippen LogP contribution in [0.3, 0.4) is 0 Å². The van der Waals surface area contributed by atoms with Gasteiger partial charge >= 0.3 is 0 Å². The quantitative estimate of drug-likeness (QED) is 0.643. The predicted octanol–water partition coefficient (Wildman–Crippen LogP) is 0.521. The van der Waals surface area contributed by atoms with Crippen LogP contribution in [0.4, 0.5) is 0 Å². The number of nitrogens with zero attached hydrogens (tertiary/aromatic N) is 1. The highest BCUT2D eigenvalue weighted by Crippen LogP contribution is 2.29. The fourth-order valence-electron chi connectivity index (χ4n) is 3.45. The topological polar surface area (TPSA) is 105 Å². The average molecular weight is 358 g/mol. The van der Waals surface area contributed by atoms with E-state index in [1.165, 1.54) is 0 Å². The van der Waals surface area contributed by atoms with E-state index in [1.54, 1.807) is 4.90 Å². The van der Waals surface area contributed by atoms with Crippen LogP contribution in [0, 0.1) is 5.92 Å². The number of benzene rings is 1. The fraction of sp³-hybridized carbons (Fsp3) is 0.526. The molecule has 2 atom stereocenters. The predicted molar refractivity (Wildman–Crippen MR) is 97.0 cm³/mol. The summed E-state index contributed by atoms with van der Waals surface area (Å²) in [6.45, 7) is 5.78. The summed E-state index contributed by atoms with van der Waals surface area (Å²) in [5, 5.41) is 5.65. The van der Waals surface area contributed by atoms with Gasteiger partial charge in [0.15, 0.2) is 0 Å². The van der Waals surface area contributed by atoms with Gasteiger partial charge in [-0.15, -0.1) is 0 Å². The molecule has 0 saturated carbocycles. The number of hydrogen-bond donors (Lipinski definition) is 3. The summed E-state index contributed by atoms with van der Waals surface area (Å²) in [6.07, 6.45) is 0.638. The van der Waals surface area contributed by atoms with Crippen LogP contribution in [0.2, 0.25) is 0 Å². The van der Waals surface area contributed by atoms with Gasteiger partial charge in [-0.2, -0.15) is 0 Å². The van der Waals surface area contributed by atoms with Gasteiger partial charge in [0.1, 0.15) is 6.04 Å². The highest BCUT2D eigenvalue weighted by Gasteiger charge is 2.39. The van der Waals surface area contributed by atoms with Crippen LogP contribution in [0.1, 0.15) is 48.2 Å². The van der Waals surface area contributed by atoms with Crippen LogP contribution in [-0.4, -0.2) is 41.2 Å². The first kappa shape index (κ1) is 18.5. The molecule has 26 heavy (non-hydrogen) atoms. The Hall–Kier alpha value is -2.25. The van der Waals surface area contributed by atoms with Gasteiger partial charge in [-0.3, -0.25) is 19.7 Å². The van der Waals surface area contributed by atoms with Crippen molar-refractivity contribution in [2.24, 2.45) is 11.7 Å². The Balaban J connectivity index is 1.72. The molecule has 4 N–H and O–H groups in total. The Morgan fingerprint density at radius 3 is 2.77 bits per heavy atom. The van der Waals surface area contributed by atoms with Gasteiger partial charge in [-0.05, 0) is 23.5 Å². The van der Waals surface area contributed by atoms with E-state index in [0.29, 0.717) is 37.5 Å². The summed E-state index contributed by atoms with van der Waals surface area (Å²) in [5.74, 6) is -0.416. The van der Waals surface area contributed by atoms with Crippen LogP contribution in [0.15, 0.2) is 18.2 Å². The van der Waals surface area contributed by atoms with Crippen molar-refractivity contribution in [3.05, 3.63) is 34.9 Å². The van der Waals surface area contributed by atoms with Crippen LogP contribution < -0.4 is 16.4 Å². The molecule has 7 heteroatoms. The third-order valence-electron chi connectivity index (χ3n) is 5.19. The Kier molecular flexibility index (Phi) is 5.38. The molecule has 3 amide bonds. The summed E-state index contributed by atoms with van der Waals surface area (Å²) >= 11 is 0. The summed E-state index contributed by atoms with van der Waals surface area (Å²) in [7, 11) is 0. The first-order valence-corrected chi connectivity index (χ1v) is 9.10. The minimum absolute atomic E-state index is 0.0578. The monoisotopic (exact) mass is 358 g/mol. The highest BCUT2D eigenvalue weighted by atomic mass is 16.2. The van der Waals surface area contributed by atoms with E-state index in [4.69, 9.17) is 5.73 Å². The lowest BCUT2D eigenvalue weighted by Gasteiger charge is -2.29. The standard InChI is InChI=1S/C19H26N4O3/c1-11(2)14(20)9-21-8-12-4-3-5-13-10-23(19(26)17(12)13)15-6-7-16(24)22-18(15)25/h3-5,11,14-15,21H,6-10,20H2,1-2H3,(H,22,24,25)/t14-,15?/m0/s1. The third-order valence-corrected chi connectivity index (χ3v) is 5.19. The van der Waals surface area contributed by atoms with E-state index in [9.17, 15) is 14.4 Å². The summed E-state index contributed by atoms with van der Waals surface area (Å²) in [4.78, 5) is 38.0. The lowest BCUT2D eigenvalue weighted by Crippen LogP contribution is -2.52. The molecule has 1 saturated heterocycles. The minimum atomic E-state index is -0.581. The van der Waals surface area contributed by atoms with Crippen molar-refractivity contribution in [3.8, 4) is 0 Å². The fourth-order valence-corrected chi connectivity index (χ4v) is 3.45. The number of amides is 3. The van der Waals surface area contributed by atoms with Gasteiger partial charge in [0.25, 0.3) is 5.91 Å². The Morgan fingerprint density at radius 2 is 2.08 bits per heavy atom. The second kappa shape index (κ2) is 7.55. The van der Waals surface area contributed by atoms with Crippen molar-refractivity contribution in [2.75, 3.05) is 6.54 Å². The molecular formula is C19H26N4O3. The average Bonchev–Trinajstić information content (AvgIpc) is 2.92. The molecule has 1 aromatic carbocycles. The summed E-state index contributed by atoms with van der Waals surface area (Å²) in [6, 6.07) is 5.26. The zero-order valence-electron chi connectivity index (χ0n) is 15.2. The lowest BCUT2D eigenvalue weighted by atomic mass is 10.0. The van der Waals surface area contributed by atoms with E-state index in [2.05, 4.69) is 24.5 Å². The van der Waals surface area contributed by atoms with E-state index >= 15 is 0 Å². The van der Waals surface area contributed by atoms with Crippen molar-refractivity contribution < 1.29 is 14.4 Å². The molecule has 1 unspecified atom stereocenters. The van der Waals surface area contributed by atoms with E-state index in [-0.39, 0.29) is 30.2 Å². The van der Waals surface area contributed by atoms with Gasteiger partial charge in [0.05, 0.1) is 0 Å². The molecule has 140 valence electrons. The molecule has 1 fully saturated rings. The largest absolute Gasteiger partial charge is 0.326 e. The molecule has 3 rings (SSSR count). The SMILES string of the molecule is CC(C)[C@@H](N)CNCc1cccc2c1C(=O)N(C1CCC(=O)NC1=O)C2. The Morgan fingerprint density at radius 1 is 1.31 bits per heavy atom. The van der Waals surface area contributed by atoms with Gasteiger partial charge in [-0.1, -0.05) is 32.0 Å². The maximum absolute atomic E-state index is 13.0. The lowest BCUT2D eigenvalue weighted by molar-refractivity contribution is -0.136. The zero-order valence-corrected chi connectivity index (χ0v) is 15.2. The third kappa shape index (κ3) is 3.64. The van der Waals surface area contributed by atoms with Crippen molar-refractivity contribution in [1.82, 2.24) is 15.5 Å². The number of rotatable bonds is 6. The number of fused-ring (bicyclic) bond motifs is 1. The van der Waals surface area contributed by atoms with Crippen LogP contribution >= 0.6 is 0 Å². The highest BCUT2D eigenvalue weighted by molar-refractivity contribution is 6.05. The van der Waals surface area contributed by atoms with Crippen LogP contribution in [-0.2, 0) is 22.7 Å². The van der Waals surface area contributed by atoms with Gasteiger partial charge in [0, 0.05) is 37.7 Å². The molecule has 7 nitrogen and oxygen atoms in total. The second-order valence-corrected chi connectivity index (χ2v) is 7.39. The number of piperidine rings is 1. The Bertz CT molecular complexity index is 731. The number of hydrogen-bond acceptors (Lipinski definition) is 5. The zero-order chi connectivity index (χ0) is 18.8. The van der Waals surface area contributed by atoms with Gasteiger partial charge in [0.2, 0.25) is 11.8 Å². The summed E-state index contributed by atoms with van der Waals surface area (Å²) < 4.78 is 0. The molecule has 0 radical (unpaired) electrons. The number of nitrogens with two attached hydrogens (primary N) is 1. The summed E-state index contributed by atoms with van der Waals surface area (Å²) in [5.41, 5.74) is 8.56. The first-order chi connectivity index (χ1) is 12.4. The van der Waals surface area contributed by atoms with E-state index in [0.717, 1.165) is 11.1 Å². The molecular weight excluding hydrogens is 332 g/mol. The molecule has 0 aromatic heterocycles. The first-order valence-electron chi connectivity index (χ1n) is 9.10. The van der Waals surface area contributed by atoms with Crippen molar-refractivity contribution in [1.29, 1.82) is 0 Å². The number of imide groups is 1. The number of carbonyl (C=O) groups is 3. The minimum Gasteiger partial charge on any atom is -0.326 e. The second-order valence-electron chi connectivity index (χ2n) is 7.39. The van der Waals surface area contributed by atoms with E-state index in [1.807, 2.05) is 18.2 Å². The molecule has 1 aromatic rings. The molecule has 2 heterocycles. The van der Waals surface area contributed by atoms with Gasteiger partial charge in [-0.25, -0.2) is 0 Å². The molecule has 0 aliphatic carbocycles. The molecule has 0 bridgehead atoms. The molecule has 0 spiro atoms. The van der Waals surface area contributed by atoms with Crippen LogP contribution in [0.25, 0.3) is 0 Å². The maximum Gasteiger partial charge on any atom is 0.255 e. The van der Waals surface area contributed by atoms with Crippen molar-refractivity contribution in [3.63, 3.8) is 0 Å². The molecule has 2 aliphatic heterocycles. The molecule has 2 aliphatic rings. The smallest absolute Gasteiger partial charge is 0.255 e. The number of nitrogens with one attached hydrogen (secondary N) is 2. The number of carbonyl (C=O) groups excluding carboxylic acids is 3. The maximum atomic E-state index is 13.0. The Labute approximate surface area is 153 Å². The normalized spacial score (nSPS) is 21.2. The van der Waals surface area contributed by atoms with Gasteiger partial charge < -0.3 is 16.0 Å².